The molecule has 0 atom stereocenters. The molecule has 0 bridgehead atoms. The van der Waals surface area contributed by atoms with Crippen LogP contribution in [0, 0.1) is 6.92 Å². The molecule has 0 aromatic carbocycles. The number of piperidine rings is 2. The molecule has 3 aliphatic heterocycles. The number of thiophene rings is 1. The van der Waals surface area contributed by atoms with E-state index in [2.05, 4.69) is 19.8 Å². The highest BCUT2D eigenvalue weighted by atomic mass is 32.1. The van der Waals surface area contributed by atoms with Crippen LogP contribution in [-0.4, -0.2) is 89.6 Å². The number of rotatable bonds is 4. The van der Waals surface area contributed by atoms with E-state index in [1.54, 1.807) is 6.33 Å². The normalized spacial score (nSPS) is 22.0. The molecular formula is C23H32N6O3S. The lowest BCUT2D eigenvalue weighted by molar-refractivity contribution is -0.134. The number of amides is 2. The summed E-state index contributed by atoms with van der Waals surface area (Å²) in [6.45, 7) is 7.79. The highest BCUT2D eigenvalue weighted by molar-refractivity contribution is 7.20. The predicted molar refractivity (Wildman–Crippen MR) is 128 cm³/mol. The van der Waals surface area contributed by atoms with E-state index in [1.165, 1.54) is 17.8 Å². The summed E-state index contributed by atoms with van der Waals surface area (Å²) in [5, 5.41) is 0.963. The predicted octanol–water partition coefficient (Wildman–Crippen LogP) is 1.78. The van der Waals surface area contributed by atoms with Gasteiger partial charge in [0.25, 0.3) is 5.91 Å². The van der Waals surface area contributed by atoms with Gasteiger partial charge in [-0.25, -0.2) is 9.97 Å². The number of carbonyl (C=O) groups excluding carboxylic acids is 2. The van der Waals surface area contributed by atoms with Gasteiger partial charge in [-0.15, -0.1) is 11.3 Å². The Morgan fingerprint density at radius 2 is 1.73 bits per heavy atom. The molecule has 2 aromatic rings. The Morgan fingerprint density at radius 3 is 2.39 bits per heavy atom. The van der Waals surface area contributed by atoms with Gasteiger partial charge < -0.3 is 20.3 Å². The van der Waals surface area contributed by atoms with E-state index in [1.807, 2.05) is 11.8 Å². The van der Waals surface area contributed by atoms with Crippen molar-refractivity contribution in [3.8, 4) is 0 Å². The molecule has 5 heterocycles. The molecule has 0 radical (unpaired) electrons. The third-order valence-corrected chi connectivity index (χ3v) is 8.70. The quantitative estimate of drug-likeness (QED) is 0.723. The maximum absolute atomic E-state index is 13.6. The van der Waals surface area contributed by atoms with E-state index in [0.29, 0.717) is 44.0 Å². The summed E-state index contributed by atoms with van der Waals surface area (Å²) in [7, 11) is 0. The summed E-state index contributed by atoms with van der Waals surface area (Å²) in [4.78, 5) is 43.0. The number of morpholine rings is 1. The van der Waals surface area contributed by atoms with Crippen molar-refractivity contribution in [2.24, 2.45) is 5.73 Å². The molecule has 3 fully saturated rings. The number of primary amides is 1. The largest absolute Gasteiger partial charge is 0.378 e. The fourth-order valence-electron chi connectivity index (χ4n) is 5.54. The molecule has 5 rings (SSSR count). The zero-order valence-corrected chi connectivity index (χ0v) is 20.0. The van der Waals surface area contributed by atoms with Gasteiger partial charge >= 0.3 is 0 Å². The first-order chi connectivity index (χ1) is 16.0. The standard InChI is InChI=1S/C23H32N6O3S/c1-16-17-19(27-11-13-32-14-12-27)25-15-26-20(17)33-18(16)21(30)28-9-5-23(6-10-28,22(24)31)29-7-3-2-4-8-29/h15H,2-14H2,1H3,(H2,24,31). The Labute approximate surface area is 197 Å². The van der Waals surface area contributed by atoms with Crippen LogP contribution in [0.5, 0.6) is 0 Å². The second kappa shape index (κ2) is 9.15. The number of ether oxygens (including phenoxy) is 1. The maximum Gasteiger partial charge on any atom is 0.264 e. The molecule has 178 valence electrons. The van der Waals surface area contributed by atoms with Crippen molar-refractivity contribution in [2.45, 2.75) is 44.6 Å². The first kappa shape index (κ1) is 22.5. The molecule has 3 aliphatic rings. The van der Waals surface area contributed by atoms with Crippen molar-refractivity contribution >= 4 is 39.2 Å². The monoisotopic (exact) mass is 472 g/mol. The maximum atomic E-state index is 13.6. The number of fused-ring (bicyclic) bond motifs is 1. The Morgan fingerprint density at radius 1 is 1.03 bits per heavy atom. The van der Waals surface area contributed by atoms with E-state index < -0.39 is 5.54 Å². The third-order valence-electron chi connectivity index (χ3n) is 7.51. The Kier molecular flexibility index (Phi) is 6.24. The van der Waals surface area contributed by atoms with Crippen molar-refractivity contribution in [1.82, 2.24) is 19.8 Å². The minimum absolute atomic E-state index is 0.0140. The van der Waals surface area contributed by atoms with E-state index >= 15 is 0 Å². The number of hydrogen-bond acceptors (Lipinski definition) is 8. The molecular weight excluding hydrogens is 440 g/mol. The highest BCUT2D eigenvalue weighted by Crippen LogP contribution is 2.37. The van der Waals surface area contributed by atoms with Gasteiger partial charge in [0.1, 0.15) is 22.5 Å². The minimum atomic E-state index is -0.624. The summed E-state index contributed by atoms with van der Waals surface area (Å²) in [6, 6.07) is 0. The molecule has 2 amide bonds. The number of likely N-dealkylation sites (tertiary alicyclic amines) is 2. The van der Waals surface area contributed by atoms with E-state index in [-0.39, 0.29) is 11.8 Å². The van der Waals surface area contributed by atoms with Gasteiger partial charge in [0.05, 0.1) is 23.5 Å². The van der Waals surface area contributed by atoms with Gasteiger partial charge in [-0.3, -0.25) is 14.5 Å². The van der Waals surface area contributed by atoms with E-state index in [0.717, 1.165) is 60.6 Å². The molecule has 9 nitrogen and oxygen atoms in total. The molecule has 2 aromatic heterocycles. The highest BCUT2D eigenvalue weighted by Gasteiger charge is 2.46. The number of anilines is 1. The van der Waals surface area contributed by atoms with Gasteiger partial charge in [0, 0.05) is 26.2 Å². The second-order valence-corrected chi connectivity index (χ2v) is 10.3. The van der Waals surface area contributed by atoms with Crippen molar-refractivity contribution in [3.05, 3.63) is 16.8 Å². The van der Waals surface area contributed by atoms with Crippen molar-refractivity contribution in [2.75, 3.05) is 57.4 Å². The number of aromatic nitrogens is 2. The third kappa shape index (κ3) is 3.98. The molecule has 0 aliphatic carbocycles. The fourth-order valence-corrected chi connectivity index (χ4v) is 6.65. The molecule has 0 saturated carbocycles. The topological polar surface area (TPSA) is 105 Å². The van der Waals surface area contributed by atoms with Gasteiger partial charge in [-0.1, -0.05) is 6.42 Å². The lowest BCUT2D eigenvalue weighted by Gasteiger charge is -2.48. The number of carbonyl (C=O) groups is 2. The molecule has 10 heteroatoms. The van der Waals surface area contributed by atoms with Crippen LogP contribution in [0.1, 0.15) is 47.3 Å². The fraction of sp³-hybridized carbons (Fsp3) is 0.652. The molecule has 0 unspecified atom stereocenters. The van der Waals surface area contributed by atoms with Crippen LogP contribution in [0.15, 0.2) is 6.33 Å². The lowest BCUT2D eigenvalue weighted by atomic mass is 9.83. The summed E-state index contributed by atoms with van der Waals surface area (Å²) in [5.74, 6) is 0.646. The average molecular weight is 473 g/mol. The number of nitrogens with zero attached hydrogens (tertiary/aromatic N) is 5. The number of aryl methyl sites for hydroxylation is 1. The lowest BCUT2D eigenvalue weighted by Crippen LogP contribution is -2.63. The summed E-state index contributed by atoms with van der Waals surface area (Å²) < 4.78 is 5.48. The van der Waals surface area contributed by atoms with E-state index in [9.17, 15) is 9.59 Å². The van der Waals surface area contributed by atoms with Crippen molar-refractivity contribution in [3.63, 3.8) is 0 Å². The van der Waals surface area contributed by atoms with Gasteiger partial charge in [0.2, 0.25) is 5.91 Å². The summed E-state index contributed by atoms with van der Waals surface area (Å²) in [6.07, 6.45) is 6.18. The molecule has 0 spiro atoms. The molecule has 3 saturated heterocycles. The first-order valence-corrected chi connectivity index (χ1v) is 12.7. The second-order valence-electron chi connectivity index (χ2n) is 9.27. The molecule has 2 N–H and O–H groups in total. The van der Waals surface area contributed by atoms with Crippen molar-refractivity contribution < 1.29 is 14.3 Å². The SMILES string of the molecule is Cc1c(C(=O)N2CCC(C(N)=O)(N3CCCCC3)CC2)sc2ncnc(N3CCOCC3)c12. The Balaban J connectivity index is 1.37. The average Bonchev–Trinajstić information content (AvgIpc) is 3.21. The minimum Gasteiger partial charge on any atom is -0.378 e. The Hall–Kier alpha value is -2.30. The van der Waals surface area contributed by atoms with Crippen LogP contribution in [-0.2, 0) is 9.53 Å². The number of nitrogens with two attached hydrogens (primary N) is 1. The smallest absolute Gasteiger partial charge is 0.264 e. The first-order valence-electron chi connectivity index (χ1n) is 11.9. The van der Waals surface area contributed by atoms with Crippen LogP contribution in [0.4, 0.5) is 5.82 Å². The zero-order chi connectivity index (χ0) is 23.0. The van der Waals surface area contributed by atoms with Crippen LogP contribution >= 0.6 is 11.3 Å². The van der Waals surface area contributed by atoms with Gasteiger partial charge in [-0.2, -0.15) is 0 Å². The van der Waals surface area contributed by atoms with Crippen LogP contribution in [0.25, 0.3) is 10.2 Å². The molecule has 33 heavy (non-hydrogen) atoms. The zero-order valence-electron chi connectivity index (χ0n) is 19.2. The summed E-state index contributed by atoms with van der Waals surface area (Å²) >= 11 is 1.44. The van der Waals surface area contributed by atoms with E-state index in [4.69, 9.17) is 10.5 Å². The van der Waals surface area contributed by atoms with Crippen LogP contribution < -0.4 is 10.6 Å². The van der Waals surface area contributed by atoms with Gasteiger partial charge in [-0.05, 0) is 51.3 Å². The number of hydrogen-bond donors (Lipinski definition) is 1. The summed E-state index contributed by atoms with van der Waals surface area (Å²) in [5.41, 5.74) is 6.23. The van der Waals surface area contributed by atoms with Crippen molar-refractivity contribution in [1.29, 1.82) is 0 Å². The van der Waals surface area contributed by atoms with Crippen LogP contribution in [0.2, 0.25) is 0 Å². The van der Waals surface area contributed by atoms with Crippen LogP contribution in [0.3, 0.4) is 0 Å². The Bertz CT molecular complexity index is 1040. The van der Waals surface area contributed by atoms with Gasteiger partial charge in [0.15, 0.2) is 0 Å².